The molecule has 100 valence electrons. The van der Waals surface area contributed by atoms with E-state index < -0.39 is 0 Å². The van der Waals surface area contributed by atoms with E-state index in [9.17, 15) is 4.39 Å². The molecule has 18 heavy (non-hydrogen) atoms. The number of methoxy groups -OCH3 is 1. The molecule has 0 heterocycles. The van der Waals surface area contributed by atoms with Crippen molar-refractivity contribution in [1.82, 2.24) is 5.32 Å². The first-order chi connectivity index (χ1) is 8.76. The van der Waals surface area contributed by atoms with E-state index >= 15 is 0 Å². The number of ether oxygens (including phenoxy) is 1. The number of benzene rings is 1. The van der Waals surface area contributed by atoms with Crippen molar-refractivity contribution in [2.75, 3.05) is 13.7 Å². The van der Waals surface area contributed by atoms with Crippen molar-refractivity contribution in [3.63, 3.8) is 0 Å². The Labute approximate surface area is 109 Å². The van der Waals surface area contributed by atoms with Gasteiger partial charge in [0.15, 0.2) is 11.6 Å². The molecule has 3 heteroatoms. The normalized spacial score (nSPS) is 17.3. The molecule has 0 aliphatic heterocycles. The van der Waals surface area contributed by atoms with Gasteiger partial charge in [0.1, 0.15) is 0 Å². The Morgan fingerprint density at radius 2 is 2.22 bits per heavy atom. The monoisotopic (exact) mass is 251 g/mol. The maximum Gasteiger partial charge on any atom is 0.165 e. The standard InChI is InChI=1S/C15H22FNO/c1-3-9-17-15(11-5-4-6-11)12-7-8-13(16)14(10-12)18-2/h7-8,10-11,15,17H,3-6,9H2,1-2H3. The zero-order chi connectivity index (χ0) is 13.0. The van der Waals surface area contributed by atoms with Crippen LogP contribution >= 0.6 is 0 Å². The minimum atomic E-state index is -0.288. The summed E-state index contributed by atoms with van der Waals surface area (Å²) in [7, 11) is 1.51. The predicted molar refractivity (Wildman–Crippen MR) is 71.3 cm³/mol. The van der Waals surface area contributed by atoms with Crippen LogP contribution in [-0.2, 0) is 0 Å². The Morgan fingerprint density at radius 3 is 2.78 bits per heavy atom. The second-order valence-corrected chi connectivity index (χ2v) is 5.02. The van der Waals surface area contributed by atoms with E-state index in [4.69, 9.17) is 4.74 Å². The molecule has 0 spiro atoms. The van der Waals surface area contributed by atoms with Crippen LogP contribution in [0.3, 0.4) is 0 Å². The maximum absolute atomic E-state index is 13.4. The van der Waals surface area contributed by atoms with Gasteiger partial charge < -0.3 is 10.1 Å². The average molecular weight is 251 g/mol. The number of nitrogens with one attached hydrogen (secondary N) is 1. The molecule has 0 amide bonds. The quantitative estimate of drug-likeness (QED) is 0.832. The van der Waals surface area contributed by atoms with Crippen molar-refractivity contribution < 1.29 is 9.13 Å². The largest absolute Gasteiger partial charge is 0.494 e. The fourth-order valence-corrected chi connectivity index (χ4v) is 2.50. The van der Waals surface area contributed by atoms with E-state index in [0.717, 1.165) is 18.5 Å². The molecule has 0 saturated heterocycles. The maximum atomic E-state index is 13.4. The van der Waals surface area contributed by atoms with E-state index in [2.05, 4.69) is 12.2 Å². The second-order valence-electron chi connectivity index (χ2n) is 5.02. The molecule has 0 aromatic heterocycles. The van der Waals surface area contributed by atoms with Crippen LogP contribution in [0.15, 0.2) is 18.2 Å². The average Bonchev–Trinajstić information content (AvgIpc) is 2.33. The summed E-state index contributed by atoms with van der Waals surface area (Å²) in [5.41, 5.74) is 1.14. The minimum Gasteiger partial charge on any atom is -0.494 e. The van der Waals surface area contributed by atoms with Gasteiger partial charge in [0.25, 0.3) is 0 Å². The fourth-order valence-electron chi connectivity index (χ4n) is 2.50. The molecule has 2 rings (SSSR count). The van der Waals surface area contributed by atoms with Gasteiger partial charge in [-0.1, -0.05) is 19.4 Å². The lowest BCUT2D eigenvalue weighted by Gasteiger charge is -2.35. The van der Waals surface area contributed by atoms with E-state index in [-0.39, 0.29) is 5.82 Å². The van der Waals surface area contributed by atoms with Gasteiger partial charge in [-0.25, -0.2) is 4.39 Å². The van der Waals surface area contributed by atoms with Crippen molar-refractivity contribution in [3.8, 4) is 5.75 Å². The lowest BCUT2D eigenvalue weighted by atomic mass is 9.77. The van der Waals surface area contributed by atoms with E-state index in [1.165, 1.54) is 32.4 Å². The Bertz CT molecular complexity index is 390. The Hall–Kier alpha value is -1.09. The van der Waals surface area contributed by atoms with Crippen LogP contribution in [-0.4, -0.2) is 13.7 Å². The smallest absolute Gasteiger partial charge is 0.165 e. The Balaban J connectivity index is 2.17. The molecule has 1 atom stereocenters. The zero-order valence-corrected chi connectivity index (χ0v) is 11.2. The lowest BCUT2D eigenvalue weighted by Crippen LogP contribution is -2.32. The van der Waals surface area contributed by atoms with Crippen molar-refractivity contribution in [2.45, 2.75) is 38.6 Å². The van der Waals surface area contributed by atoms with Crippen LogP contribution in [0.1, 0.15) is 44.2 Å². The molecular formula is C15H22FNO. The molecule has 1 aliphatic rings. The van der Waals surface area contributed by atoms with E-state index in [0.29, 0.717) is 17.7 Å². The lowest BCUT2D eigenvalue weighted by molar-refractivity contribution is 0.230. The first-order valence-corrected chi connectivity index (χ1v) is 6.83. The van der Waals surface area contributed by atoms with Gasteiger partial charge in [0.05, 0.1) is 7.11 Å². The van der Waals surface area contributed by atoms with Crippen LogP contribution in [0.5, 0.6) is 5.75 Å². The van der Waals surface area contributed by atoms with E-state index in [1.54, 1.807) is 0 Å². The minimum absolute atomic E-state index is 0.288. The highest BCUT2D eigenvalue weighted by Gasteiger charge is 2.28. The molecule has 0 bridgehead atoms. The zero-order valence-electron chi connectivity index (χ0n) is 11.2. The molecule has 1 aromatic rings. The van der Waals surface area contributed by atoms with Crippen LogP contribution in [0, 0.1) is 11.7 Å². The third-order valence-corrected chi connectivity index (χ3v) is 3.77. The first-order valence-electron chi connectivity index (χ1n) is 6.83. The van der Waals surface area contributed by atoms with Crippen molar-refractivity contribution in [3.05, 3.63) is 29.6 Å². The van der Waals surface area contributed by atoms with Gasteiger partial charge in [-0.15, -0.1) is 0 Å². The highest BCUT2D eigenvalue weighted by Crippen LogP contribution is 2.38. The van der Waals surface area contributed by atoms with Crippen LogP contribution in [0.25, 0.3) is 0 Å². The molecular weight excluding hydrogens is 229 g/mol. The van der Waals surface area contributed by atoms with E-state index in [1.807, 2.05) is 12.1 Å². The molecule has 1 unspecified atom stereocenters. The Kier molecular flexibility index (Phi) is 4.59. The van der Waals surface area contributed by atoms with Crippen LogP contribution in [0.4, 0.5) is 4.39 Å². The summed E-state index contributed by atoms with van der Waals surface area (Å²) < 4.78 is 18.5. The molecule has 1 aliphatic carbocycles. The van der Waals surface area contributed by atoms with Gasteiger partial charge in [-0.3, -0.25) is 0 Å². The summed E-state index contributed by atoms with van der Waals surface area (Å²) in [6, 6.07) is 5.56. The molecule has 1 fully saturated rings. The molecule has 2 nitrogen and oxygen atoms in total. The summed E-state index contributed by atoms with van der Waals surface area (Å²) >= 11 is 0. The van der Waals surface area contributed by atoms with Gasteiger partial charge in [0, 0.05) is 6.04 Å². The molecule has 0 radical (unpaired) electrons. The van der Waals surface area contributed by atoms with Crippen LogP contribution in [0.2, 0.25) is 0 Å². The summed E-state index contributed by atoms with van der Waals surface area (Å²) in [6.45, 7) is 3.16. The second kappa shape index (κ2) is 6.19. The number of hydrogen-bond acceptors (Lipinski definition) is 2. The summed E-state index contributed by atoms with van der Waals surface area (Å²) in [5, 5.41) is 3.58. The fraction of sp³-hybridized carbons (Fsp3) is 0.600. The molecule has 1 aromatic carbocycles. The Morgan fingerprint density at radius 1 is 1.44 bits per heavy atom. The van der Waals surface area contributed by atoms with Crippen LogP contribution < -0.4 is 10.1 Å². The number of halogens is 1. The summed E-state index contributed by atoms with van der Waals surface area (Å²) in [5.74, 6) is 0.742. The van der Waals surface area contributed by atoms with Gasteiger partial charge in [-0.2, -0.15) is 0 Å². The van der Waals surface area contributed by atoms with Crippen molar-refractivity contribution in [1.29, 1.82) is 0 Å². The highest BCUT2D eigenvalue weighted by molar-refractivity contribution is 5.32. The molecule has 1 saturated carbocycles. The van der Waals surface area contributed by atoms with Crippen molar-refractivity contribution in [2.24, 2.45) is 5.92 Å². The predicted octanol–water partition coefficient (Wildman–Crippen LogP) is 3.68. The number of hydrogen-bond donors (Lipinski definition) is 1. The summed E-state index contributed by atoms with van der Waals surface area (Å²) in [4.78, 5) is 0. The summed E-state index contributed by atoms with van der Waals surface area (Å²) in [6.07, 6.45) is 4.96. The third-order valence-electron chi connectivity index (χ3n) is 3.77. The third kappa shape index (κ3) is 2.83. The first kappa shape index (κ1) is 13.3. The topological polar surface area (TPSA) is 21.3 Å². The van der Waals surface area contributed by atoms with Gasteiger partial charge in [0.2, 0.25) is 0 Å². The SMILES string of the molecule is CCCNC(c1ccc(F)c(OC)c1)C1CCC1. The van der Waals surface area contributed by atoms with Crippen molar-refractivity contribution >= 4 is 0 Å². The number of rotatable bonds is 6. The highest BCUT2D eigenvalue weighted by atomic mass is 19.1. The van der Waals surface area contributed by atoms with Gasteiger partial charge >= 0.3 is 0 Å². The molecule has 1 N–H and O–H groups in total. The van der Waals surface area contributed by atoms with Gasteiger partial charge in [-0.05, 0) is 49.4 Å².